The monoisotopic (exact) mass is 463 g/mol. The Morgan fingerprint density at radius 2 is 1.83 bits per heavy atom. The molecule has 0 unspecified atom stereocenters. The maximum absolute atomic E-state index is 13.1. The molecule has 0 saturated carbocycles. The highest BCUT2D eigenvalue weighted by Gasteiger charge is 2.31. The molecule has 1 aromatic heterocycles. The molecule has 1 aliphatic heterocycles. The van der Waals surface area contributed by atoms with Gasteiger partial charge in [0.2, 0.25) is 10.0 Å². The third kappa shape index (κ3) is 4.46. The third-order valence-electron chi connectivity index (χ3n) is 5.02. The minimum absolute atomic E-state index is 0.102. The van der Waals surface area contributed by atoms with E-state index in [-0.39, 0.29) is 4.90 Å². The number of nitrogens with zero attached hydrogens (tertiary/aromatic N) is 3. The van der Waals surface area contributed by atoms with Crippen molar-refractivity contribution in [2.45, 2.75) is 11.3 Å². The van der Waals surface area contributed by atoms with Gasteiger partial charge >= 0.3 is 0 Å². The van der Waals surface area contributed by atoms with Gasteiger partial charge in [0, 0.05) is 43.0 Å². The SMILES string of the molecule is COc1ccc(Cl)cc1S(=O)(=O)N1CCN(c2nc(Cc3ccccc3)cs2)CC1. The molecule has 4 rings (SSSR count). The summed E-state index contributed by atoms with van der Waals surface area (Å²) in [4.78, 5) is 6.99. The van der Waals surface area contributed by atoms with Gasteiger partial charge in [0.05, 0.1) is 12.8 Å². The highest BCUT2D eigenvalue weighted by Crippen LogP contribution is 2.31. The topological polar surface area (TPSA) is 62.7 Å². The van der Waals surface area contributed by atoms with E-state index in [4.69, 9.17) is 21.3 Å². The molecule has 3 aromatic rings. The number of sulfonamides is 1. The zero-order valence-corrected chi connectivity index (χ0v) is 18.9. The molecule has 0 radical (unpaired) electrons. The van der Waals surface area contributed by atoms with Crippen molar-refractivity contribution in [1.29, 1.82) is 0 Å². The Morgan fingerprint density at radius 1 is 1.10 bits per heavy atom. The summed E-state index contributed by atoms with van der Waals surface area (Å²) < 4.78 is 33.0. The number of hydrogen-bond donors (Lipinski definition) is 0. The van der Waals surface area contributed by atoms with E-state index in [0.717, 1.165) is 17.2 Å². The lowest BCUT2D eigenvalue weighted by Gasteiger charge is -2.34. The van der Waals surface area contributed by atoms with Crippen LogP contribution in [0.5, 0.6) is 5.75 Å². The van der Waals surface area contributed by atoms with E-state index in [1.807, 2.05) is 18.2 Å². The molecular formula is C21H22ClN3O3S2. The van der Waals surface area contributed by atoms with Crippen LogP contribution in [0, 0.1) is 0 Å². The first-order valence-electron chi connectivity index (χ1n) is 9.54. The first kappa shape index (κ1) is 21.1. The number of methoxy groups -OCH3 is 1. The summed E-state index contributed by atoms with van der Waals surface area (Å²) in [7, 11) is -2.23. The summed E-state index contributed by atoms with van der Waals surface area (Å²) in [5.74, 6) is 0.298. The van der Waals surface area contributed by atoms with Gasteiger partial charge in [-0.3, -0.25) is 0 Å². The number of benzene rings is 2. The minimum atomic E-state index is -3.69. The van der Waals surface area contributed by atoms with Crippen molar-refractivity contribution in [1.82, 2.24) is 9.29 Å². The predicted octanol–water partition coefficient (Wildman–Crippen LogP) is 3.91. The fourth-order valence-corrected chi connectivity index (χ4v) is 6.16. The van der Waals surface area contributed by atoms with Crippen LogP contribution in [0.25, 0.3) is 0 Å². The summed E-state index contributed by atoms with van der Waals surface area (Å²) in [6.45, 7) is 1.93. The molecule has 0 aliphatic carbocycles. The van der Waals surface area contributed by atoms with Crippen molar-refractivity contribution in [3.05, 3.63) is 70.2 Å². The standard InChI is InChI=1S/C21H22ClN3O3S2/c1-28-19-8-7-17(22)14-20(19)30(26,27)25-11-9-24(10-12-25)21-23-18(15-29-21)13-16-5-3-2-4-6-16/h2-8,14-15H,9-13H2,1H3. The fraction of sp³-hybridized carbons (Fsp3) is 0.286. The van der Waals surface area contributed by atoms with Crippen molar-refractivity contribution in [3.63, 3.8) is 0 Å². The highest BCUT2D eigenvalue weighted by molar-refractivity contribution is 7.89. The number of hydrogen-bond acceptors (Lipinski definition) is 6. The van der Waals surface area contributed by atoms with Crippen LogP contribution in [-0.4, -0.2) is 51.0 Å². The largest absolute Gasteiger partial charge is 0.495 e. The van der Waals surface area contributed by atoms with E-state index in [1.54, 1.807) is 23.5 Å². The van der Waals surface area contributed by atoms with Crippen molar-refractivity contribution in [3.8, 4) is 5.75 Å². The van der Waals surface area contributed by atoms with Crippen LogP contribution in [-0.2, 0) is 16.4 Å². The molecule has 6 nitrogen and oxygen atoms in total. The van der Waals surface area contributed by atoms with Crippen LogP contribution in [0.2, 0.25) is 5.02 Å². The van der Waals surface area contributed by atoms with E-state index in [0.29, 0.717) is 37.0 Å². The van der Waals surface area contributed by atoms with Gasteiger partial charge in [0.1, 0.15) is 10.6 Å². The molecule has 2 heterocycles. The van der Waals surface area contributed by atoms with E-state index in [9.17, 15) is 8.42 Å². The van der Waals surface area contributed by atoms with Gasteiger partial charge < -0.3 is 9.64 Å². The summed E-state index contributed by atoms with van der Waals surface area (Å²) in [5.41, 5.74) is 2.25. The molecule has 30 heavy (non-hydrogen) atoms. The number of anilines is 1. The molecule has 158 valence electrons. The zero-order valence-electron chi connectivity index (χ0n) is 16.5. The van der Waals surface area contributed by atoms with Crippen molar-refractivity contribution < 1.29 is 13.2 Å². The lowest BCUT2D eigenvalue weighted by atomic mass is 10.1. The van der Waals surface area contributed by atoms with Crippen LogP contribution in [0.1, 0.15) is 11.3 Å². The average molecular weight is 464 g/mol. The molecule has 0 N–H and O–H groups in total. The first-order chi connectivity index (χ1) is 14.5. The Morgan fingerprint density at radius 3 is 2.53 bits per heavy atom. The van der Waals surface area contributed by atoms with Gasteiger partial charge in [0.15, 0.2) is 5.13 Å². The highest BCUT2D eigenvalue weighted by atomic mass is 35.5. The summed E-state index contributed by atoms with van der Waals surface area (Å²) in [6.07, 6.45) is 0.792. The Hall–Kier alpha value is -2.13. The second kappa shape index (κ2) is 8.93. The molecule has 0 spiro atoms. The number of thiazole rings is 1. The summed E-state index contributed by atoms with van der Waals surface area (Å²) >= 11 is 7.63. The molecule has 0 atom stereocenters. The lowest BCUT2D eigenvalue weighted by Crippen LogP contribution is -2.48. The van der Waals surface area contributed by atoms with Crippen LogP contribution >= 0.6 is 22.9 Å². The van der Waals surface area contributed by atoms with Gasteiger partial charge in [-0.05, 0) is 23.8 Å². The average Bonchev–Trinajstić information content (AvgIpc) is 3.23. The minimum Gasteiger partial charge on any atom is -0.495 e. The molecule has 0 bridgehead atoms. The van der Waals surface area contributed by atoms with Crippen molar-refractivity contribution in [2.75, 3.05) is 38.2 Å². The van der Waals surface area contributed by atoms with Gasteiger partial charge in [0.25, 0.3) is 0 Å². The number of ether oxygens (including phenoxy) is 1. The second-order valence-electron chi connectivity index (χ2n) is 6.97. The number of aromatic nitrogens is 1. The summed E-state index contributed by atoms with van der Waals surface area (Å²) in [5, 5.41) is 3.36. The normalized spacial score (nSPS) is 15.3. The Bertz CT molecular complexity index is 1110. The van der Waals surface area contributed by atoms with Crippen LogP contribution < -0.4 is 9.64 Å². The maximum atomic E-state index is 13.1. The molecule has 0 amide bonds. The Labute approximate surface area is 185 Å². The smallest absolute Gasteiger partial charge is 0.246 e. The number of piperazine rings is 1. The van der Waals surface area contributed by atoms with Crippen molar-refractivity contribution >= 4 is 38.1 Å². The van der Waals surface area contributed by atoms with E-state index in [1.165, 1.54) is 23.0 Å². The number of halogens is 1. The van der Waals surface area contributed by atoms with E-state index < -0.39 is 10.0 Å². The Kier molecular flexibility index (Phi) is 6.29. The third-order valence-corrected chi connectivity index (χ3v) is 8.13. The van der Waals surface area contributed by atoms with Crippen LogP contribution in [0.15, 0.2) is 58.8 Å². The van der Waals surface area contributed by atoms with Gasteiger partial charge in [-0.1, -0.05) is 41.9 Å². The van der Waals surface area contributed by atoms with E-state index >= 15 is 0 Å². The van der Waals surface area contributed by atoms with E-state index in [2.05, 4.69) is 22.4 Å². The fourth-order valence-electron chi connectivity index (χ4n) is 3.44. The molecule has 1 fully saturated rings. The maximum Gasteiger partial charge on any atom is 0.246 e. The van der Waals surface area contributed by atoms with Gasteiger partial charge in [-0.15, -0.1) is 11.3 Å². The Balaban J connectivity index is 1.43. The second-order valence-corrected chi connectivity index (χ2v) is 10.1. The zero-order chi connectivity index (χ0) is 21.1. The quantitative estimate of drug-likeness (QED) is 0.554. The molecular weight excluding hydrogens is 442 g/mol. The number of rotatable bonds is 6. The van der Waals surface area contributed by atoms with Crippen molar-refractivity contribution in [2.24, 2.45) is 0 Å². The van der Waals surface area contributed by atoms with Gasteiger partial charge in [-0.2, -0.15) is 4.31 Å². The van der Waals surface area contributed by atoms with Crippen LogP contribution in [0.3, 0.4) is 0 Å². The lowest BCUT2D eigenvalue weighted by molar-refractivity contribution is 0.374. The molecule has 1 saturated heterocycles. The van der Waals surface area contributed by atoms with Gasteiger partial charge in [-0.25, -0.2) is 13.4 Å². The molecule has 1 aliphatic rings. The van der Waals surface area contributed by atoms with Crippen LogP contribution in [0.4, 0.5) is 5.13 Å². The first-order valence-corrected chi connectivity index (χ1v) is 12.2. The molecule has 2 aromatic carbocycles. The molecule has 9 heteroatoms. The predicted molar refractivity (Wildman–Crippen MR) is 120 cm³/mol. The summed E-state index contributed by atoms with van der Waals surface area (Å²) in [6, 6.07) is 14.9.